The second-order valence-corrected chi connectivity index (χ2v) is 7.81. The molecule has 0 aromatic heterocycles. The molecule has 0 N–H and O–H groups in total. The lowest BCUT2D eigenvalue weighted by Crippen LogP contribution is -2.50. The average Bonchev–Trinajstić information content (AvgIpc) is 2.47. The van der Waals surface area contributed by atoms with E-state index in [9.17, 15) is 8.42 Å². The van der Waals surface area contributed by atoms with Crippen LogP contribution in [0, 0.1) is 0 Å². The van der Waals surface area contributed by atoms with Crippen molar-refractivity contribution in [1.82, 2.24) is 9.21 Å². The Morgan fingerprint density at radius 1 is 1.10 bits per heavy atom. The molecule has 1 aliphatic rings. The van der Waals surface area contributed by atoms with Gasteiger partial charge in [0.05, 0.1) is 4.90 Å². The standard InChI is InChI=1S/C14H21BrN2O2S/c1-12(2)16-7-9-17(10-8-16)20(18,19)14-5-3-13(11-15)4-6-14/h3-6,12H,7-11H2,1-2H3. The Labute approximate surface area is 129 Å². The fourth-order valence-corrected chi connectivity index (χ4v) is 4.16. The van der Waals surface area contributed by atoms with Gasteiger partial charge < -0.3 is 0 Å². The second kappa shape index (κ2) is 6.56. The van der Waals surface area contributed by atoms with E-state index in [1.165, 1.54) is 0 Å². The summed E-state index contributed by atoms with van der Waals surface area (Å²) in [6.45, 7) is 7.03. The molecule has 20 heavy (non-hydrogen) atoms. The van der Waals surface area contributed by atoms with E-state index in [4.69, 9.17) is 0 Å². The van der Waals surface area contributed by atoms with E-state index in [0.717, 1.165) is 24.0 Å². The maximum atomic E-state index is 12.6. The topological polar surface area (TPSA) is 40.6 Å². The maximum Gasteiger partial charge on any atom is 0.243 e. The highest BCUT2D eigenvalue weighted by Gasteiger charge is 2.28. The first-order chi connectivity index (χ1) is 9.45. The van der Waals surface area contributed by atoms with Gasteiger partial charge in [0.2, 0.25) is 10.0 Å². The molecule has 1 heterocycles. The van der Waals surface area contributed by atoms with Gasteiger partial charge in [0, 0.05) is 37.6 Å². The summed E-state index contributed by atoms with van der Waals surface area (Å²) in [4.78, 5) is 2.69. The van der Waals surface area contributed by atoms with Crippen LogP contribution in [-0.4, -0.2) is 49.8 Å². The van der Waals surface area contributed by atoms with Gasteiger partial charge in [-0.2, -0.15) is 4.31 Å². The highest BCUT2D eigenvalue weighted by Crippen LogP contribution is 2.19. The zero-order valence-corrected chi connectivity index (χ0v) is 14.3. The summed E-state index contributed by atoms with van der Waals surface area (Å²) in [6, 6.07) is 7.57. The van der Waals surface area contributed by atoms with Crippen molar-refractivity contribution in [3.8, 4) is 0 Å². The van der Waals surface area contributed by atoms with E-state index >= 15 is 0 Å². The summed E-state index contributed by atoms with van der Waals surface area (Å²) in [5.41, 5.74) is 1.08. The number of alkyl halides is 1. The quantitative estimate of drug-likeness (QED) is 0.773. The summed E-state index contributed by atoms with van der Waals surface area (Å²) in [7, 11) is -3.34. The first kappa shape index (κ1) is 15.9. The van der Waals surface area contributed by atoms with Gasteiger partial charge in [-0.25, -0.2) is 8.42 Å². The summed E-state index contributed by atoms with van der Waals surface area (Å²) in [5, 5.41) is 0.736. The molecule has 0 atom stereocenters. The number of halogens is 1. The van der Waals surface area contributed by atoms with E-state index in [2.05, 4.69) is 34.7 Å². The Morgan fingerprint density at radius 2 is 1.65 bits per heavy atom. The predicted molar refractivity (Wildman–Crippen MR) is 84.5 cm³/mol. The van der Waals surface area contributed by atoms with Crippen LogP contribution in [0.3, 0.4) is 0 Å². The Morgan fingerprint density at radius 3 is 2.10 bits per heavy atom. The normalized spacial score (nSPS) is 18.6. The van der Waals surface area contributed by atoms with Crippen LogP contribution in [0.15, 0.2) is 29.2 Å². The molecule has 1 saturated heterocycles. The molecular weight excluding hydrogens is 340 g/mol. The van der Waals surface area contributed by atoms with Crippen LogP contribution >= 0.6 is 15.9 Å². The Bertz CT molecular complexity index is 535. The average molecular weight is 361 g/mol. The number of rotatable bonds is 4. The van der Waals surface area contributed by atoms with Crippen molar-refractivity contribution in [2.75, 3.05) is 26.2 Å². The first-order valence-electron chi connectivity index (χ1n) is 6.84. The molecule has 0 aliphatic carbocycles. The van der Waals surface area contributed by atoms with Crippen molar-refractivity contribution in [1.29, 1.82) is 0 Å². The van der Waals surface area contributed by atoms with Crippen LogP contribution in [0.5, 0.6) is 0 Å². The summed E-state index contributed by atoms with van der Waals surface area (Å²) in [6.07, 6.45) is 0. The zero-order chi connectivity index (χ0) is 14.8. The van der Waals surface area contributed by atoms with E-state index in [1.54, 1.807) is 16.4 Å². The molecule has 0 saturated carbocycles. The summed E-state index contributed by atoms with van der Waals surface area (Å²) in [5.74, 6) is 0. The third kappa shape index (κ3) is 3.42. The molecule has 1 aromatic rings. The number of hydrogen-bond acceptors (Lipinski definition) is 3. The largest absolute Gasteiger partial charge is 0.298 e. The third-order valence-electron chi connectivity index (χ3n) is 3.72. The van der Waals surface area contributed by atoms with E-state index < -0.39 is 10.0 Å². The van der Waals surface area contributed by atoms with Crippen LogP contribution < -0.4 is 0 Å². The summed E-state index contributed by atoms with van der Waals surface area (Å²) < 4.78 is 26.7. The molecule has 0 amide bonds. The molecule has 2 rings (SSSR count). The van der Waals surface area contributed by atoms with Crippen LogP contribution in [-0.2, 0) is 15.4 Å². The van der Waals surface area contributed by atoms with Crippen molar-refractivity contribution in [2.45, 2.75) is 30.1 Å². The molecule has 1 aliphatic heterocycles. The van der Waals surface area contributed by atoms with Crippen molar-refractivity contribution in [3.05, 3.63) is 29.8 Å². The van der Waals surface area contributed by atoms with Crippen LogP contribution in [0.4, 0.5) is 0 Å². The lowest BCUT2D eigenvalue weighted by Gasteiger charge is -2.36. The predicted octanol–water partition coefficient (Wildman–Crippen LogP) is 2.30. The van der Waals surface area contributed by atoms with Crippen molar-refractivity contribution in [3.63, 3.8) is 0 Å². The number of hydrogen-bond donors (Lipinski definition) is 0. The zero-order valence-electron chi connectivity index (χ0n) is 11.9. The van der Waals surface area contributed by atoms with Gasteiger partial charge in [0.15, 0.2) is 0 Å². The van der Waals surface area contributed by atoms with Crippen LogP contribution in [0.1, 0.15) is 19.4 Å². The van der Waals surface area contributed by atoms with Crippen molar-refractivity contribution in [2.24, 2.45) is 0 Å². The smallest absolute Gasteiger partial charge is 0.243 e. The van der Waals surface area contributed by atoms with Gasteiger partial charge in [-0.1, -0.05) is 28.1 Å². The maximum absolute atomic E-state index is 12.6. The monoisotopic (exact) mass is 360 g/mol. The van der Waals surface area contributed by atoms with Gasteiger partial charge >= 0.3 is 0 Å². The molecular formula is C14H21BrN2O2S. The fraction of sp³-hybridized carbons (Fsp3) is 0.571. The SMILES string of the molecule is CC(C)N1CCN(S(=O)(=O)c2ccc(CBr)cc2)CC1. The minimum absolute atomic E-state index is 0.389. The second-order valence-electron chi connectivity index (χ2n) is 5.31. The van der Waals surface area contributed by atoms with Gasteiger partial charge in [-0.05, 0) is 31.5 Å². The number of sulfonamides is 1. The molecule has 4 nitrogen and oxygen atoms in total. The Balaban J connectivity index is 2.11. The molecule has 0 bridgehead atoms. The van der Waals surface area contributed by atoms with E-state index in [0.29, 0.717) is 24.0 Å². The molecule has 0 radical (unpaired) electrons. The minimum atomic E-state index is -3.34. The lowest BCUT2D eigenvalue weighted by molar-refractivity contribution is 0.154. The molecule has 1 aromatic carbocycles. The number of benzene rings is 1. The van der Waals surface area contributed by atoms with Crippen LogP contribution in [0.25, 0.3) is 0 Å². The van der Waals surface area contributed by atoms with Gasteiger partial charge in [0.25, 0.3) is 0 Å². The highest BCUT2D eigenvalue weighted by molar-refractivity contribution is 9.08. The first-order valence-corrected chi connectivity index (χ1v) is 9.40. The third-order valence-corrected chi connectivity index (χ3v) is 6.28. The fourth-order valence-electron chi connectivity index (χ4n) is 2.36. The molecule has 6 heteroatoms. The van der Waals surface area contributed by atoms with Crippen molar-refractivity contribution >= 4 is 26.0 Å². The molecule has 0 unspecified atom stereocenters. The van der Waals surface area contributed by atoms with Crippen LogP contribution in [0.2, 0.25) is 0 Å². The molecule has 1 fully saturated rings. The molecule has 0 spiro atoms. The van der Waals surface area contributed by atoms with E-state index in [1.807, 2.05) is 12.1 Å². The number of nitrogens with zero attached hydrogens (tertiary/aromatic N) is 2. The number of piperazine rings is 1. The Kier molecular flexibility index (Phi) is 5.23. The highest BCUT2D eigenvalue weighted by atomic mass is 79.9. The summed E-state index contributed by atoms with van der Waals surface area (Å²) >= 11 is 3.36. The van der Waals surface area contributed by atoms with Gasteiger partial charge in [-0.3, -0.25) is 4.90 Å². The van der Waals surface area contributed by atoms with Crippen molar-refractivity contribution < 1.29 is 8.42 Å². The van der Waals surface area contributed by atoms with Gasteiger partial charge in [-0.15, -0.1) is 0 Å². The Hall–Kier alpha value is -0.430. The van der Waals surface area contributed by atoms with Gasteiger partial charge in [0.1, 0.15) is 0 Å². The lowest BCUT2D eigenvalue weighted by atomic mass is 10.2. The minimum Gasteiger partial charge on any atom is -0.298 e. The molecule has 112 valence electrons. The van der Waals surface area contributed by atoms with E-state index in [-0.39, 0.29) is 0 Å².